The average Bonchev–Trinajstić information content (AvgIpc) is 2.63. The smallest absolute Gasteiger partial charge is 0.408 e. The van der Waals surface area contributed by atoms with E-state index in [4.69, 9.17) is 4.74 Å². The highest BCUT2D eigenvalue weighted by molar-refractivity contribution is 5.92. The number of ether oxygens (including phenoxy) is 1. The highest BCUT2D eigenvalue weighted by Gasteiger charge is 2.37. The van der Waals surface area contributed by atoms with Crippen molar-refractivity contribution in [3.63, 3.8) is 0 Å². The summed E-state index contributed by atoms with van der Waals surface area (Å²) in [6.07, 6.45) is -0.0529. The Kier molecular flexibility index (Phi) is 9.12. The maximum atomic E-state index is 13.5. The lowest BCUT2D eigenvalue weighted by atomic mass is 9.96. The van der Waals surface area contributed by atoms with Gasteiger partial charge in [-0.25, -0.2) is 4.79 Å². The monoisotopic (exact) mass is 449 g/mol. The molecule has 0 fully saturated rings. The van der Waals surface area contributed by atoms with Crippen molar-refractivity contribution >= 4 is 17.9 Å². The summed E-state index contributed by atoms with van der Waals surface area (Å²) < 4.78 is 5.34. The van der Waals surface area contributed by atoms with Crippen molar-refractivity contribution in [2.45, 2.75) is 85.0 Å². The summed E-state index contributed by atoms with van der Waals surface area (Å²) in [5.41, 5.74) is -0.679. The van der Waals surface area contributed by atoms with Gasteiger partial charge >= 0.3 is 6.09 Å². The fraction of sp³-hybridized carbons (Fsp3) is 0.625. The van der Waals surface area contributed by atoms with Gasteiger partial charge in [-0.2, -0.15) is 0 Å². The summed E-state index contributed by atoms with van der Waals surface area (Å²) >= 11 is 0. The number of nitrogens with zero attached hydrogens (tertiary/aromatic N) is 1. The van der Waals surface area contributed by atoms with Gasteiger partial charge in [0.1, 0.15) is 23.4 Å². The highest BCUT2D eigenvalue weighted by Crippen LogP contribution is 2.25. The van der Waals surface area contributed by atoms with E-state index in [1.807, 2.05) is 34.6 Å². The molecule has 3 amide bonds. The van der Waals surface area contributed by atoms with Gasteiger partial charge in [-0.1, -0.05) is 32.4 Å². The van der Waals surface area contributed by atoms with Crippen molar-refractivity contribution in [3.05, 3.63) is 29.8 Å². The van der Waals surface area contributed by atoms with E-state index in [0.29, 0.717) is 12.0 Å². The first-order valence-corrected chi connectivity index (χ1v) is 10.9. The summed E-state index contributed by atoms with van der Waals surface area (Å²) in [4.78, 5) is 40.4. The Hall–Kier alpha value is -2.77. The lowest BCUT2D eigenvalue weighted by molar-refractivity contribution is -0.142. The molecule has 32 heavy (non-hydrogen) atoms. The van der Waals surface area contributed by atoms with Crippen LogP contribution in [-0.2, 0) is 14.3 Å². The molecule has 0 radical (unpaired) electrons. The third-order valence-electron chi connectivity index (χ3n) is 4.84. The molecule has 0 saturated heterocycles. The number of aromatic hydroxyl groups is 1. The molecular weight excluding hydrogens is 410 g/mol. The number of phenols is 1. The zero-order valence-corrected chi connectivity index (χ0v) is 20.8. The van der Waals surface area contributed by atoms with Crippen LogP contribution in [0.25, 0.3) is 0 Å². The minimum Gasteiger partial charge on any atom is -0.508 e. The van der Waals surface area contributed by atoms with Gasteiger partial charge < -0.3 is 25.4 Å². The van der Waals surface area contributed by atoms with Gasteiger partial charge in [-0.15, -0.1) is 0 Å². The van der Waals surface area contributed by atoms with Crippen LogP contribution in [0.4, 0.5) is 4.79 Å². The Labute approximate surface area is 191 Å². The van der Waals surface area contributed by atoms with Crippen molar-refractivity contribution in [3.8, 4) is 5.75 Å². The van der Waals surface area contributed by atoms with Crippen molar-refractivity contribution in [2.24, 2.45) is 5.92 Å². The Morgan fingerprint density at radius 3 is 2.03 bits per heavy atom. The molecular formula is C24H39N3O5. The molecule has 1 aromatic rings. The number of rotatable bonds is 7. The molecule has 0 aromatic heterocycles. The SMILES string of the molecule is CCC(C)C(NC(=O)OC(C)(C)C)C(=O)N(C)C(C(=O)NC(C)(C)C)c1ccc(O)cc1. The maximum absolute atomic E-state index is 13.5. The lowest BCUT2D eigenvalue weighted by Gasteiger charge is -2.35. The van der Waals surface area contributed by atoms with E-state index in [9.17, 15) is 19.5 Å². The van der Waals surface area contributed by atoms with Crippen LogP contribution in [0.3, 0.4) is 0 Å². The Bertz CT molecular complexity index is 793. The molecule has 0 aliphatic carbocycles. The standard InChI is InChI=1S/C24H39N3O5/c1-10-15(2)18(25-22(31)32-24(6,7)8)21(30)27(9)19(20(29)26-23(3,4)5)16-11-13-17(28)14-12-16/h11-15,18-19,28H,10H2,1-9H3,(H,25,31)(H,26,29). The second kappa shape index (κ2) is 10.7. The maximum Gasteiger partial charge on any atom is 0.408 e. The van der Waals surface area contributed by atoms with Crippen LogP contribution >= 0.6 is 0 Å². The molecule has 0 bridgehead atoms. The number of hydrogen-bond acceptors (Lipinski definition) is 5. The van der Waals surface area contributed by atoms with Crippen LogP contribution in [0.15, 0.2) is 24.3 Å². The number of phenolic OH excluding ortho intramolecular Hbond substituents is 1. The van der Waals surface area contributed by atoms with Crippen molar-refractivity contribution < 1.29 is 24.2 Å². The predicted molar refractivity (Wildman–Crippen MR) is 124 cm³/mol. The minimum absolute atomic E-state index is 0.0572. The fourth-order valence-electron chi connectivity index (χ4n) is 3.11. The molecule has 1 rings (SSSR count). The fourth-order valence-corrected chi connectivity index (χ4v) is 3.11. The van der Waals surface area contributed by atoms with Crippen LogP contribution < -0.4 is 10.6 Å². The molecule has 0 saturated carbocycles. The highest BCUT2D eigenvalue weighted by atomic mass is 16.6. The molecule has 8 heteroatoms. The predicted octanol–water partition coefficient (Wildman–Crippen LogP) is 3.75. The van der Waals surface area contributed by atoms with E-state index in [1.54, 1.807) is 32.9 Å². The molecule has 1 aromatic carbocycles. The zero-order chi connectivity index (χ0) is 24.9. The van der Waals surface area contributed by atoms with Gasteiger partial charge in [0.25, 0.3) is 0 Å². The molecule has 3 unspecified atom stereocenters. The lowest BCUT2D eigenvalue weighted by Crippen LogP contribution is -2.55. The summed E-state index contributed by atoms with van der Waals surface area (Å²) in [5, 5.41) is 15.3. The van der Waals surface area contributed by atoms with Crippen molar-refractivity contribution in [2.75, 3.05) is 7.05 Å². The Morgan fingerprint density at radius 2 is 1.59 bits per heavy atom. The van der Waals surface area contributed by atoms with E-state index in [2.05, 4.69) is 10.6 Å². The number of alkyl carbamates (subject to hydrolysis) is 1. The van der Waals surface area contributed by atoms with Crippen LogP contribution in [0.1, 0.15) is 73.4 Å². The molecule has 0 aliphatic rings. The van der Waals surface area contributed by atoms with Crippen molar-refractivity contribution in [1.82, 2.24) is 15.5 Å². The number of nitrogens with one attached hydrogen (secondary N) is 2. The summed E-state index contributed by atoms with van der Waals surface area (Å²) in [6, 6.07) is 4.32. The normalized spacial score (nSPS) is 14.7. The summed E-state index contributed by atoms with van der Waals surface area (Å²) in [5.74, 6) is -0.906. The number of amides is 3. The molecule has 0 spiro atoms. The molecule has 180 valence electrons. The minimum atomic E-state index is -0.950. The molecule has 3 N–H and O–H groups in total. The number of carbonyl (C=O) groups is 3. The molecule has 0 heterocycles. The molecule has 0 aliphatic heterocycles. The number of likely N-dealkylation sites (N-methyl/N-ethyl adjacent to an activating group) is 1. The van der Waals surface area contributed by atoms with E-state index in [-0.39, 0.29) is 17.6 Å². The topological polar surface area (TPSA) is 108 Å². The molecule has 3 atom stereocenters. The largest absolute Gasteiger partial charge is 0.508 e. The first kappa shape index (κ1) is 27.3. The van der Waals surface area contributed by atoms with Gasteiger partial charge in [0.05, 0.1) is 0 Å². The van der Waals surface area contributed by atoms with E-state index in [0.717, 1.165) is 0 Å². The van der Waals surface area contributed by atoms with E-state index in [1.165, 1.54) is 24.1 Å². The third kappa shape index (κ3) is 8.40. The van der Waals surface area contributed by atoms with Gasteiger partial charge in [-0.05, 0) is 65.2 Å². The summed E-state index contributed by atoms with van der Waals surface area (Å²) in [7, 11) is 1.54. The van der Waals surface area contributed by atoms with E-state index >= 15 is 0 Å². The van der Waals surface area contributed by atoms with Gasteiger partial charge in [0, 0.05) is 12.6 Å². The zero-order valence-electron chi connectivity index (χ0n) is 20.8. The Balaban J connectivity index is 3.29. The van der Waals surface area contributed by atoms with Crippen LogP contribution in [-0.4, -0.2) is 52.1 Å². The number of carbonyl (C=O) groups excluding carboxylic acids is 3. The number of hydrogen-bond donors (Lipinski definition) is 3. The van der Waals surface area contributed by atoms with E-state index < -0.39 is 35.2 Å². The van der Waals surface area contributed by atoms with Crippen molar-refractivity contribution in [1.29, 1.82) is 0 Å². The van der Waals surface area contributed by atoms with Gasteiger partial charge in [0.2, 0.25) is 11.8 Å². The van der Waals surface area contributed by atoms with Gasteiger partial charge in [-0.3, -0.25) is 9.59 Å². The second-order valence-electron chi connectivity index (χ2n) is 10.2. The van der Waals surface area contributed by atoms with Gasteiger partial charge in [0.15, 0.2) is 0 Å². The third-order valence-corrected chi connectivity index (χ3v) is 4.84. The molecule has 8 nitrogen and oxygen atoms in total. The second-order valence-corrected chi connectivity index (χ2v) is 10.2. The first-order chi connectivity index (χ1) is 14.6. The average molecular weight is 450 g/mol. The summed E-state index contributed by atoms with van der Waals surface area (Å²) in [6.45, 7) is 14.6. The van der Waals surface area contributed by atoms with Crippen LogP contribution in [0.2, 0.25) is 0 Å². The Morgan fingerprint density at radius 1 is 1.06 bits per heavy atom. The van der Waals surface area contributed by atoms with Crippen LogP contribution in [0.5, 0.6) is 5.75 Å². The number of benzene rings is 1. The first-order valence-electron chi connectivity index (χ1n) is 10.9. The van der Waals surface area contributed by atoms with Crippen LogP contribution in [0, 0.1) is 5.92 Å². The quantitative estimate of drug-likeness (QED) is 0.588.